The van der Waals surface area contributed by atoms with E-state index in [9.17, 15) is 9.90 Å². The fourth-order valence-electron chi connectivity index (χ4n) is 2.57. The van der Waals surface area contributed by atoms with Crippen molar-refractivity contribution in [2.45, 2.75) is 44.8 Å². The summed E-state index contributed by atoms with van der Waals surface area (Å²) in [5.74, 6) is 0.140. The highest BCUT2D eigenvalue weighted by molar-refractivity contribution is 5.79. The highest BCUT2D eigenvalue weighted by atomic mass is 16.3. The zero-order chi connectivity index (χ0) is 12.5. The minimum absolute atomic E-state index is 0.140. The molecule has 17 heavy (non-hydrogen) atoms. The summed E-state index contributed by atoms with van der Waals surface area (Å²) < 4.78 is 0. The van der Waals surface area contributed by atoms with Crippen LogP contribution in [0.1, 0.15) is 32.3 Å². The van der Waals surface area contributed by atoms with Crippen molar-refractivity contribution in [2.75, 3.05) is 6.54 Å². The SMILES string of the molecule is CC1(C)CC(O)CCN1C(=O)Cc1cc[nH]c1. The molecular weight excluding hydrogens is 216 g/mol. The predicted octanol–water partition coefficient (Wildman–Crippen LogP) is 1.32. The smallest absolute Gasteiger partial charge is 0.227 e. The lowest BCUT2D eigenvalue weighted by molar-refractivity contribution is -0.140. The Kier molecular flexibility index (Phi) is 3.24. The zero-order valence-electron chi connectivity index (χ0n) is 10.4. The molecule has 2 N–H and O–H groups in total. The van der Waals surface area contributed by atoms with Gasteiger partial charge in [-0.15, -0.1) is 0 Å². The van der Waals surface area contributed by atoms with Gasteiger partial charge in [0.25, 0.3) is 0 Å². The third-order valence-corrected chi connectivity index (χ3v) is 3.47. The summed E-state index contributed by atoms with van der Waals surface area (Å²) in [5.41, 5.74) is 0.766. The van der Waals surface area contributed by atoms with Crippen molar-refractivity contribution < 1.29 is 9.90 Å². The molecule has 2 heterocycles. The number of aliphatic hydroxyl groups excluding tert-OH is 1. The van der Waals surface area contributed by atoms with Crippen LogP contribution in [0.15, 0.2) is 18.5 Å². The average molecular weight is 236 g/mol. The van der Waals surface area contributed by atoms with E-state index in [-0.39, 0.29) is 17.6 Å². The van der Waals surface area contributed by atoms with E-state index in [1.807, 2.05) is 37.2 Å². The molecule has 1 aromatic rings. The van der Waals surface area contributed by atoms with E-state index in [4.69, 9.17) is 0 Å². The van der Waals surface area contributed by atoms with Crippen molar-refractivity contribution in [2.24, 2.45) is 0 Å². The molecule has 1 fully saturated rings. The van der Waals surface area contributed by atoms with Gasteiger partial charge in [-0.3, -0.25) is 4.79 Å². The molecule has 0 spiro atoms. The number of hydrogen-bond donors (Lipinski definition) is 2. The van der Waals surface area contributed by atoms with Crippen molar-refractivity contribution >= 4 is 5.91 Å². The molecule has 4 nitrogen and oxygen atoms in total. The summed E-state index contributed by atoms with van der Waals surface area (Å²) in [6.07, 6.45) is 5.18. The normalized spacial score (nSPS) is 23.7. The Labute approximate surface area is 102 Å². The van der Waals surface area contributed by atoms with Gasteiger partial charge in [-0.05, 0) is 38.3 Å². The lowest BCUT2D eigenvalue weighted by Gasteiger charge is -2.44. The van der Waals surface area contributed by atoms with E-state index in [1.54, 1.807) is 0 Å². The first kappa shape index (κ1) is 12.2. The second-order valence-electron chi connectivity index (χ2n) is 5.40. The van der Waals surface area contributed by atoms with Gasteiger partial charge in [0.1, 0.15) is 0 Å². The molecular formula is C13H20N2O2. The van der Waals surface area contributed by atoms with Crippen LogP contribution in [0, 0.1) is 0 Å². The van der Waals surface area contributed by atoms with E-state index in [0.717, 1.165) is 5.56 Å². The number of rotatable bonds is 2. The molecule has 1 aromatic heterocycles. The number of carbonyl (C=O) groups is 1. The summed E-state index contributed by atoms with van der Waals surface area (Å²) >= 11 is 0. The van der Waals surface area contributed by atoms with E-state index in [1.165, 1.54) is 0 Å². The lowest BCUT2D eigenvalue weighted by Crippen LogP contribution is -2.54. The monoisotopic (exact) mass is 236 g/mol. The maximum Gasteiger partial charge on any atom is 0.227 e. The van der Waals surface area contributed by atoms with Crippen LogP contribution in [0.2, 0.25) is 0 Å². The fraction of sp³-hybridized carbons (Fsp3) is 0.615. The number of nitrogens with zero attached hydrogens (tertiary/aromatic N) is 1. The number of likely N-dealkylation sites (tertiary alicyclic amines) is 1. The van der Waals surface area contributed by atoms with Crippen LogP contribution < -0.4 is 0 Å². The molecule has 1 saturated heterocycles. The van der Waals surface area contributed by atoms with Crippen molar-refractivity contribution in [3.8, 4) is 0 Å². The van der Waals surface area contributed by atoms with Crippen molar-refractivity contribution in [1.29, 1.82) is 0 Å². The topological polar surface area (TPSA) is 56.3 Å². The van der Waals surface area contributed by atoms with E-state index >= 15 is 0 Å². The van der Waals surface area contributed by atoms with Gasteiger partial charge in [0.05, 0.1) is 12.5 Å². The number of amides is 1. The van der Waals surface area contributed by atoms with Crippen LogP contribution in [0.25, 0.3) is 0 Å². The maximum atomic E-state index is 12.2. The van der Waals surface area contributed by atoms with Crippen molar-refractivity contribution in [1.82, 2.24) is 9.88 Å². The predicted molar refractivity (Wildman–Crippen MR) is 65.5 cm³/mol. The number of hydrogen-bond acceptors (Lipinski definition) is 2. The third-order valence-electron chi connectivity index (χ3n) is 3.47. The molecule has 0 aromatic carbocycles. The third kappa shape index (κ3) is 2.69. The zero-order valence-corrected chi connectivity index (χ0v) is 10.4. The summed E-state index contributed by atoms with van der Waals surface area (Å²) in [5, 5.41) is 9.66. The van der Waals surface area contributed by atoms with Crippen molar-refractivity contribution in [3.05, 3.63) is 24.0 Å². The van der Waals surface area contributed by atoms with Crippen LogP contribution in [0.5, 0.6) is 0 Å². The number of aromatic amines is 1. The Morgan fingerprint density at radius 2 is 2.41 bits per heavy atom. The van der Waals surface area contributed by atoms with Gasteiger partial charge < -0.3 is 15.0 Å². The van der Waals surface area contributed by atoms with Crippen LogP contribution in [0.4, 0.5) is 0 Å². The molecule has 94 valence electrons. The summed E-state index contributed by atoms with van der Waals surface area (Å²) in [6.45, 7) is 4.69. The molecule has 2 rings (SSSR count). The Balaban J connectivity index is 2.04. The Hall–Kier alpha value is -1.29. The maximum absolute atomic E-state index is 12.2. The van der Waals surface area contributed by atoms with Gasteiger partial charge in [-0.2, -0.15) is 0 Å². The molecule has 0 saturated carbocycles. The first-order valence-corrected chi connectivity index (χ1v) is 6.09. The summed E-state index contributed by atoms with van der Waals surface area (Å²) in [4.78, 5) is 17.1. The van der Waals surface area contributed by atoms with Gasteiger partial charge >= 0.3 is 0 Å². The van der Waals surface area contributed by atoms with Gasteiger partial charge in [0, 0.05) is 24.5 Å². The number of carbonyl (C=O) groups excluding carboxylic acids is 1. The Bertz CT molecular complexity index is 384. The van der Waals surface area contributed by atoms with Crippen LogP contribution >= 0.6 is 0 Å². The Morgan fingerprint density at radius 3 is 3.00 bits per heavy atom. The van der Waals surface area contributed by atoms with Crippen LogP contribution in [-0.2, 0) is 11.2 Å². The van der Waals surface area contributed by atoms with Gasteiger partial charge in [-0.25, -0.2) is 0 Å². The van der Waals surface area contributed by atoms with E-state index < -0.39 is 0 Å². The highest BCUT2D eigenvalue weighted by Gasteiger charge is 2.36. The minimum atomic E-state index is -0.277. The molecule has 0 radical (unpaired) electrons. The summed E-state index contributed by atoms with van der Waals surface area (Å²) in [6, 6.07) is 1.92. The fourth-order valence-corrected chi connectivity index (χ4v) is 2.57. The molecule has 0 bridgehead atoms. The van der Waals surface area contributed by atoms with Gasteiger partial charge in [-0.1, -0.05) is 0 Å². The minimum Gasteiger partial charge on any atom is -0.393 e. The molecule has 0 aliphatic carbocycles. The standard InChI is InChI=1S/C13H20N2O2/c1-13(2)8-11(16)4-6-15(13)12(17)7-10-3-5-14-9-10/h3,5,9,11,14,16H,4,6-8H2,1-2H3. The second kappa shape index (κ2) is 4.53. The van der Waals surface area contributed by atoms with Gasteiger partial charge in [0.15, 0.2) is 0 Å². The van der Waals surface area contributed by atoms with E-state index in [2.05, 4.69) is 4.98 Å². The Morgan fingerprint density at radius 1 is 1.65 bits per heavy atom. The lowest BCUT2D eigenvalue weighted by atomic mass is 9.88. The molecule has 4 heteroatoms. The first-order valence-electron chi connectivity index (χ1n) is 6.09. The van der Waals surface area contributed by atoms with Gasteiger partial charge in [0.2, 0.25) is 5.91 Å². The number of aromatic nitrogens is 1. The molecule has 1 aliphatic rings. The molecule has 1 amide bonds. The number of piperidine rings is 1. The second-order valence-corrected chi connectivity index (χ2v) is 5.40. The van der Waals surface area contributed by atoms with Crippen LogP contribution in [0.3, 0.4) is 0 Å². The number of H-pyrrole nitrogens is 1. The first-order chi connectivity index (χ1) is 7.99. The molecule has 1 unspecified atom stereocenters. The van der Waals surface area contributed by atoms with E-state index in [0.29, 0.717) is 25.8 Å². The van der Waals surface area contributed by atoms with Crippen molar-refractivity contribution in [3.63, 3.8) is 0 Å². The van der Waals surface area contributed by atoms with Crippen LogP contribution in [-0.4, -0.2) is 39.1 Å². The quantitative estimate of drug-likeness (QED) is 0.813. The largest absolute Gasteiger partial charge is 0.393 e. The molecule has 1 atom stereocenters. The molecule has 1 aliphatic heterocycles. The average Bonchev–Trinajstić information content (AvgIpc) is 2.68. The highest BCUT2D eigenvalue weighted by Crippen LogP contribution is 2.28. The summed E-state index contributed by atoms with van der Waals surface area (Å²) in [7, 11) is 0. The number of nitrogens with one attached hydrogen (secondary N) is 1. The number of aliphatic hydroxyl groups is 1.